The van der Waals surface area contributed by atoms with Crippen LogP contribution in [0.4, 0.5) is 4.39 Å². The molecule has 150 valence electrons. The highest BCUT2D eigenvalue weighted by atomic mass is 32.2. The first-order valence-electron chi connectivity index (χ1n) is 9.44. The Bertz CT molecular complexity index is 753. The van der Waals surface area contributed by atoms with Crippen molar-refractivity contribution in [3.63, 3.8) is 0 Å². The Morgan fingerprint density at radius 3 is 2.39 bits per heavy atom. The number of amides is 2. The van der Waals surface area contributed by atoms with Gasteiger partial charge in [0.15, 0.2) is 0 Å². The summed E-state index contributed by atoms with van der Waals surface area (Å²) in [6.07, 6.45) is 0.693. The number of thioether (sulfide) groups is 1. The van der Waals surface area contributed by atoms with E-state index in [-0.39, 0.29) is 23.4 Å². The molecule has 0 aliphatic carbocycles. The first-order chi connectivity index (χ1) is 13.5. The van der Waals surface area contributed by atoms with E-state index in [0.29, 0.717) is 25.3 Å². The van der Waals surface area contributed by atoms with Gasteiger partial charge in [-0.3, -0.25) is 9.59 Å². The minimum atomic E-state index is -0.525. The molecule has 0 bridgehead atoms. The number of halogens is 1. The number of likely N-dealkylation sites (N-methyl/N-ethyl adjacent to an activating group) is 1. The molecule has 0 fully saturated rings. The summed E-state index contributed by atoms with van der Waals surface area (Å²) in [5.41, 5.74) is 2.09. The van der Waals surface area contributed by atoms with E-state index in [2.05, 4.69) is 5.32 Å². The molecule has 0 unspecified atom stereocenters. The van der Waals surface area contributed by atoms with E-state index < -0.39 is 6.04 Å². The summed E-state index contributed by atoms with van der Waals surface area (Å²) in [6, 6.07) is 15.7. The lowest BCUT2D eigenvalue weighted by Crippen LogP contribution is -2.49. The summed E-state index contributed by atoms with van der Waals surface area (Å²) >= 11 is 1.47. The summed E-state index contributed by atoms with van der Waals surface area (Å²) < 4.78 is 13.0. The van der Waals surface area contributed by atoms with E-state index >= 15 is 0 Å². The molecule has 0 aliphatic rings. The normalized spacial score (nSPS) is 11.7. The fourth-order valence-corrected chi connectivity index (χ4v) is 3.68. The van der Waals surface area contributed by atoms with Gasteiger partial charge < -0.3 is 10.2 Å². The Morgan fingerprint density at radius 2 is 1.75 bits per heavy atom. The van der Waals surface area contributed by atoms with Gasteiger partial charge in [0.2, 0.25) is 11.8 Å². The molecule has 28 heavy (non-hydrogen) atoms. The first-order valence-corrected chi connectivity index (χ1v) is 10.6. The fraction of sp³-hybridized carbons (Fsp3) is 0.364. The van der Waals surface area contributed by atoms with Gasteiger partial charge in [0.25, 0.3) is 0 Å². The highest BCUT2D eigenvalue weighted by Crippen LogP contribution is 2.15. The quantitative estimate of drug-likeness (QED) is 0.660. The molecule has 2 aromatic carbocycles. The maximum atomic E-state index is 13.0. The molecular formula is C22H27FN2O2S. The van der Waals surface area contributed by atoms with Crippen molar-refractivity contribution in [3.05, 3.63) is 71.5 Å². The van der Waals surface area contributed by atoms with Gasteiger partial charge in [0.05, 0.1) is 5.75 Å². The van der Waals surface area contributed by atoms with Crippen LogP contribution in [0.2, 0.25) is 0 Å². The van der Waals surface area contributed by atoms with Gasteiger partial charge >= 0.3 is 0 Å². The zero-order chi connectivity index (χ0) is 20.4. The van der Waals surface area contributed by atoms with E-state index in [9.17, 15) is 14.0 Å². The summed E-state index contributed by atoms with van der Waals surface area (Å²) in [5, 5.41) is 2.79. The van der Waals surface area contributed by atoms with Crippen LogP contribution >= 0.6 is 11.8 Å². The smallest absolute Gasteiger partial charge is 0.242 e. The maximum Gasteiger partial charge on any atom is 0.242 e. The standard InChI is InChI=1S/C22H27FN2O2S/c1-3-24-22(27)17(2)25(14-13-18-7-5-4-6-8-18)21(26)16-28-15-19-9-11-20(23)12-10-19/h4-12,17H,3,13-16H2,1-2H3,(H,24,27)/t17-/m1/s1. The van der Waals surface area contributed by atoms with Crippen molar-refractivity contribution in [3.8, 4) is 0 Å². The summed E-state index contributed by atoms with van der Waals surface area (Å²) in [6.45, 7) is 4.64. The van der Waals surface area contributed by atoms with Crippen molar-refractivity contribution in [2.75, 3.05) is 18.8 Å². The van der Waals surface area contributed by atoms with Crippen LogP contribution in [0.3, 0.4) is 0 Å². The molecule has 0 radical (unpaired) electrons. The molecule has 0 aromatic heterocycles. The van der Waals surface area contributed by atoms with Crippen molar-refractivity contribution in [2.24, 2.45) is 0 Å². The van der Waals surface area contributed by atoms with Gasteiger partial charge in [-0.1, -0.05) is 42.5 Å². The van der Waals surface area contributed by atoms with Gasteiger partial charge in [-0.25, -0.2) is 4.39 Å². The summed E-state index contributed by atoms with van der Waals surface area (Å²) in [5.74, 6) is 0.409. The fourth-order valence-electron chi connectivity index (χ4n) is 2.81. The number of carbonyl (C=O) groups is 2. The average molecular weight is 403 g/mol. The zero-order valence-electron chi connectivity index (χ0n) is 16.4. The molecule has 2 rings (SSSR count). The monoisotopic (exact) mass is 402 g/mol. The second-order valence-electron chi connectivity index (χ2n) is 6.51. The highest BCUT2D eigenvalue weighted by molar-refractivity contribution is 7.99. The van der Waals surface area contributed by atoms with E-state index in [1.807, 2.05) is 37.3 Å². The molecule has 2 aromatic rings. The third-order valence-electron chi connectivity index (χ3n) is 4.41. The molecule has 0 spiro atoms. The van der Waals surface area contributed by atoms with Crippen LogP contribution in [0, 0.1) is 5.82 Å². The Hall–Kier alpha value is -2.34. The predicted molar refractivity (Wildman–Crippen MR) is 113 cm³/mol. The number of benzene rings is 2. The Morgan fingerprint density at radius 1 is 1.07 bits per heavy atom. The molecular weight excluding hydrogens is 375 g/mol. The third kappa shape index (κ3) is 7.00. The Balaban J connectivity index is 1.96. The number of hydrogen-bond donors (Lipinski definition) is 1. The first kappa shape index (κ1) is 22.0. The molecule has 6 heteroatoms. The van der Waals surface area contributed by atoms with E-state index in [4.69, 9.17) is 0 Å². The number of carbonyl (C=O) groups excluding carboxylic acids is 2. The second-order valence-corrected chi connectivity index (χ2v) is 7.50. The van der Waals surface area contributed by atoms with Crippen LogP contribution in [-0.4, -0.2) is 41.6 Å². The van der Waals surface area contributed by atoms with Crippen molar-refractivity contribution >= 4 is 23.6 Å². The number of nitrogens with one attached hydrogen (secondary N) is 1. The molecule has 1 atom stereocenters. The zero-order valence-corrected chi connectivity index (χ0v) is 17.2. The molecule has 0 aliphatic heterocycles. The van der Waals surface area contributed by atoms with Gasteiger partial charge in [-0.2, -0.15) is 0 Å². The van der Waals surface area contributed by atoms with Crippen LogP contribution in [0.5, 0.6) is 0 Å². The van der Waals surface area contributed by atoms with Crippen LogP contribution in [-0.2, 0) is 21.8 Å². The predicted octanol–water partition coefficient (Wildman–Crippen LogP) is 3.65. The van der Waals surface area contributed by atoms with E-state index in [1.54, 1.807) is 24.0 Å². The van der Waals surface area contributed by atoms with Crippen LogP contribution in [0.1, 0.15) is 25.0 Å². The Kier molecular flexibility index (Phi) is 9.01. The molecule has 0 saturated carbocycles. The van der Waals surface area contributed by atoms with Crippen LogP contribution in [0.25, 0.3) is 0 Å². The lowest BCUT2D eigenvalue weighted by atomic mass is 10.1. The Labute approximate surface area is 170 Å². The van der Waals surface area contributed by atoms with Crippen molar-refractivity contribution in [2.45, 2.75) is 32.1 Å². The molecule has 0 heterocycles. The topological polar surface area (TPSA) is 49.4 Å². The van der Waals surface area contributed by atoms with E-state index in [0.717, 1.165) is 11.1 Å². The molecule has 4 nitrogen and oxygen atoms in total. The van der Waals surface area contributed by atoms with Gasteiger partial charge in [-0.05, 0) is 43.5 Å². The molecule has 1 N–H and O–H groups in total. The van der Waals surface area contributed by atoms with Crippen LogP contribution in [0.15, 0.2) is 54.6 Å². The SMILES string of the molecule is CCNC(=O)[C@@H](C)N(CCc1ccccc1)C(=O)CSCc1ccc(F)cc1. The largest absolute Gasteiger partial charge is 0.355 e. The summed E-state index contributed by atoms with van der Waals surface area (Å²) in [4.78, 5) is 26.8. The van der Waals surface area contributed by atoms with Crippen molar-refractivity contribution in [1.29, 1.82) is 0 Å². The van der Waals surface area contributed by atoms with Gasteiger partial charge in [0.1, 0.15) is 11.9 Å². The average Bonchev–Trinajstić information content (AvgIpc) is 2.70. The minimum absolute atomic E-state index is 0.0678. The molecule has 2 amide bonds. The van der Waals surface area contributed by atoms with Crippen molar-refractivity contribution < 1.29 is 14.0 Å². The number of hydrogen-bond acceptors (Lipinski definition) is 3. The van der Waals surface area contributed by atoms with Gasteiger partial charge in [-0.15, -0.1) is 11.8 Å². The number of rotatable bonds is 10. The van der Waals surface area contributed by atoms with Gasteiger partial charge in [0, 0.05) is 18.8 Å². The molecule has 0 saturated heterocycles. The number of nitrogens with zero attached hydrogens (tertiary/aromatic N) is 1. The van der Waals surface area contributed by atoms with E-state index in [1.165, 1.54) is 23.9 Å². The summed E-state index contributed by atoms with van der Waals surface area (Å²) in [7, 11) is 0. The lowest BCUT2D eigenvalue weighted by Gasteiger charge is -2.28. The lowest BCUT2D eigenvalue weighted by molar-refractivity contribution is -0.137. The minimum Gasteiger partial charge on any atom is -0.355 e. The second kappa shape index (κ2) is 11.5. The van der Waals surface area contributed by atoms with Crippen molar-refractivity contribution in [1.82, 2.24) is 10.2 Å². The maximum absolute atomic E-state index is 13.0. The third-order valence-corrected chi connectivity index (χ3v) is 5.40. The highest BCUT2D eigenvalue weighted by Gasteiger charge is 2.25. The van der Waals surface area contributed by atoms with Crippen LogP contribution < -0.4 is 5.32 Å².